The summed E-state index contributed by atoms with van der Waals surface area (Å²) in [5.41, 5.74) is 11.6. The van der Waals surface area contributed by atoms with E-state index in [0.29, 0.717) is 29.4 Å². The molecule has 2 heterocycles. The molecule has 158 valence electrons. The summed E-state index contributed by atoms with van der Waals surface area (Å²) in [5, 5.41) is 11.9. The Labute approximate surface area is 174 Å². The Morgan fingerprint density at radius 1 is 1.33 bits per heavy atom. The van der Waals surface area contributed by atoms with Crippen molar-refractivity contribution in [2.45, 2.75) is 57.1 Å². The van der Waals surface area contributed by atoms with Crippen LogP contribution in [0.25, 0.3) is 21.8 Å². The van der Waals surface area contributed by atoms with E-state index >= 15 is 0 Å². The largest absolute Gasteiger partial charge is 0.488 e. The second-order valence-corrected chi connectivity index (χ2v) is 7.88. The van der Waals surface area contributed by atoms with Gasteiger partial charge in [0.15, 0.2) is 0 Å². The fourth-order valence-electron chi connectivity index (χ4n) is 4.01. The molecule has 0 unspecified atom stereocenters. The quantitative estimate of drug-likeness (QED) is 0.296. The van der Waals surface area contributed by atoms with Gasteiger partial charge in [-0.3, -0.25) is 9.48 Å². The zero-order chi connectivity index (χ0) is 21.1. The first-order valence-corrected chi connectivity index (χ1v) is 10.3. The number of ether oxygens (including phenoxy) is 2. The Bertz CT molecular complexity index is 979. The molecular weight excluding hydrogens is 386 g/mol. The lowest BCUT2D eigenvalue weighted by molar-refractivity contribution is -0.147. The Balaban J connectivity index is 1.58. The van der Waals surface area contributed by atoms with Crippen LogP contribution in [-0.2, 0) is 23.1 Å². The predicted molar refractivity (Wildman–Crippen MR) is 107 cm³/mol. The fraction of sp³-hybridized carbons (Fsp3) is 0.600. The van der Waals surface area contributed by atoms with Crippen molar-refractivity contribution < 1.29 is 14.3 Å². The molecule has 2 fully saturated rings. The SMILES string of the molecule is COC(=O)[C@H]1CCC[C@H](Oc2ccc(-c3nnn(C)c3CN=[N+]=[N-])nc2C2CC2)C1. The second kappa shape index (κ2) is 8.71. The van der Waals surface area contributed by atoms with Crippen LogP contribution in [0.5, 0.6) is 5.75 Å². The first-order valence-electron chi connectivity index (χ1n) is 10.3. The molecule has 2 atom stereocenters. The van der Waals surface area contributed by atoms with E-state index in [1.54, 1.807) is 11.7 Å². The molecule has 0 aromatic carbocycles. The first kappa shape index (κ1) is 20.2. The van der Waals surface area contributed by atoms with Crippen LogP contribution in [0, 0.1) is 5.92 Å². The normalized spacial score (nSPS) is 21.0. The molecule has 2 aliphatic rings. The third-order valence-electron chi connectivity index (χ3n) is 5.77. The molecule has 0 amide bonds. The van der Waals surface area contributed by atoms with Crippen molar-refractivity contribution in [2.24, 2.45) is 18.1 Å². The molecule has 0 N–H and O–H groups in total. The summed E-state index contributed by atoms with van der Waals surface area (Å²) >= 11 is 0. The summed E-state index contributed by atoms with van der Waals surface area (Å²) in [7, 11) is 3.20. The molecule has 0 saturated heterocycles. The van der Waals surface area contributed by atoms with Gasteiger partial charge < -0.3 is 9.47 Å². The maximum absolute atomic E-state index is 11.9. The maximum atomic E-state index is 11.9. The molecule has 0 radical (unpaired) electrons. The maximum Gasteiger partial charge on any atom is 0.308 e. The highest BCUT2D eigenvalue weighted by Crippen LogP contribution is 2.44. The lowest BCUT2D eigenvalue weighted by Crippen LogP contribution is -2.30. The molecule has 4 rings (SSSR count). The van der Waals surface area contributed by atoms with Gasteiger partial charge in [-0.15, -0.1) is 5.10 Å². The highest BCUT2D eigenvalue weighted by molar-refractivity contribution is 5.72. The molecule has 10 heteroatoms. The first-order chi connectivity index (χ1) is 14.6. The van der Waals surface area contributed by atoms with E-state index in [2.05, 4.69) is 20.3 Å². The van der Waals surface area contributed by atoms with Crippen molar-refractivity contribution in [3.05, 3.63) is 34.0 Å². The van der Waals surface area contributed by atoms with E-state index in [-0.39, 0.29) is 24.5 Å². The van der Waals surface area contributed by atoms with Crippen LogP contribution in [0.1, 0.15) is 55.8 Å². The Morgan fingerprint density at radius 3 is 2.90 bits per heavy atom. The van der Waals surface area contributed by atoms with E-state index in [0.717, 1.165) is 43.5 Å². The number of esters is 1. The predicted octanol–water partition coefficient (Wildman–Crippen LogP) is 3.68. The number of methoxy groups -OCH3 is 1. The number of pyridine rings is 1. The Morgan fingerprint density at radius 2 is 2.17 bits per heavy atom. The number of hydrogen-bond acceptors (Lipinski definition) is 7. The monoisotopic (exact) mass is 411 g/mol. The molecule has 2 saturated carbocycles. The molecular formula is C20H25N7O3. The third-order valence-corrected chi connectivity index (χ3v) is 5.77. The van der Waals surface area contributed by atoms with Gasteiger partial charge in [0.25, 0.3) is 0 Å². The van der Waals surface area contributed by atoms with Crippen molar-refractivity contribution in [3.63, 3.8) is 0 Å². The van der Waals surface area contributed by atoms with Gasteiger partial charge in [-0.25, -0.2) is 4.98 Å². The van der Waals surface area contributed by atoms with Crippen LogP contribution < -0.4 is 4.74 Å². The van der Waals surface area contributed by atoms with Gasteiger partial charge >= 0.3 is 5.97 Å². The van der Waals surface area contributed by atoms with Crippen LogP contribution >= 0.6 is 0 Å². The Kier molecular flexibility index (Phi) is 5.85. The zero-order valence-electron chi connectivity index (χ0n) is 17.2. The standard InChI is InChI=1S/C20H25N7O3/c1-27-16(11-22-25-21)19(24-26-27)15-8-9-17(18(23-15)12-6-7-12)30-14-5-3-4-13(10-14)20(28)29-2/h8-9,12-14H,3-7,10-11H2,1-2H3/t13-,14-/m0/s1. The van der Waals surface area contributed by atoms with Gasteiger partial charge in [0.2, 0.25) is 0 Å². The number of carbonyl (C=O) groups is 1. The number of aryl methyl sites for hydroxylation is 1. The number of hydrogen-bond donors (Lipinski definition) is 0. The Hall–Kier alpha value is -3.13. The van der Waals surface area contributed by atoms with Crippen LogP contribution in [0.3, 0.4) is 0 Å². The van der Waals surface area contributed by atoms with E-state index in [1.807, 2.05) is 12.1 Å². The molecule has 0 bridgehead atoms. The van der Waals surface area contributed by atoms with Gasteiger partial charge in [0.1, 0.15) is 11.4 Å². The summed E-state index contributed by atoms with van der Waals surface area (Å²) < 4.78 is 12.8. The number of aromatic nitrogens is 4. The topological polar surface area (TPSA) is 128 Å². The minimum absolute atomic E-state index is 0.0231. The molecule has 0 spiro atoms. The lowest BCUT2D eigenvalue weighted by atomic mass is 9.87. The minimum Gasteiger partial charge on any atom is -0.488 e. The van der Waals surface area contributed by atoms with Crippen LogP contribution in [0.2, 0.25) is 0 Å². The fourth-order valence-corrected chi connectivity index (χ4v) is 4.01. The minimum atomic E-state index is -0.158. The molecule has 0 aliphatic heterocycles. The van der Waals surface area contributed by atoms with Gasteiger partial charge in [-0.2, -0.15) is 0 Å². The molecule has 2 aromatic heterocycles. The van der Waals surface area contributed by atoms with E-state index < -0.39 is 0 Å². The van der Waals surface area contributed by atoms with Crippen molar-refractivity contribution in [1.29, 1.82) is 0 Å². The molecule has 10 nitrogen and oxygen atoms in total. The van der Waals surface area contributed by atoms with E-state index in [1.165, 1.54) is 7.11 Å². The van der Waals surface area contributed by atoms with Gasteiger partial charge in [0, 0.05) is 17.9 Å². The molecule has 2 aromatic rings. The number of nitrogens with zero attached hydrogens (tertiary/aromatic N) is 7. The summed E-state index contributed by atoms with van der Waals surface area (Å²) in [6.45, 7) is 0.158. The van der Waals surface area contributed by atoms with Gasteiger partial charge in [-0.1, -0.05) is 10.3 Å². The highest BCUT2D eigenvalue weighted by Gasteiger charge is 2.33. The van der Waals surface area contributed by atoms with E-state index in [4.69, 9.17) is 20.0 Å². The summed E-state index contributed by atoms with van der Waals surface area (Å²) in [5.74, 6) is 0.886. The third kappa shape index (κ3) is 4.23. The van der Waals surface area contributed by atoms with Gasteiger partial charge in [-0.05, 0) is 56.2 Å². The van der Waals surface area contributed by atoms with Crippen molar-refractivity contribution >= 4 is 5.97 Å². The summed E-state index contributed by atoms with van der Waals surface area (Å²) in [6.07, 6.45) is 5.50. The van der Waals surface area contributed by atoms with E-state index in [9.17, 15) is 4.79 Å². The van der Waals surface area contributed by atoms with Crippen LogP contribution in [-0.4, -0.2) is 39.2 Å². The molecule has 2 aliphatic carbocycles. The number of carbonyl (C=O) groups excluding carboxylic acids is 1. The summed E-state index contributed by atoms with van der Waals surface area (Å²) in [6, 6.07) is 3.80. The molecule has 30 heavy (non-hydrogen) atoms. The van der Waals surface area contributed by atoms with Crippen LogP contribution in [0.15, 0.2) is 17.2 Å². The lowest BCUT2D eigenvalue weighted by Gasteiger charge is -2.28. The zero-order valence-corrected chi connectivity index (χ0v) is 17.2. The van der Waals surface area contributed by atoms with Crippen LogP contribution in [0.4, 0.5) is 0 Å². The average molecular weight is 411 g/mol. The average Bonchev–Trinajstić information content (AvgIpc) is 3.55. The highest BCUT2D eigenvalue weighted by atomic mass is 16.5. The van der Waals surface area contributed by atoms with Crippen molar-refractivity contribution in [1.82, 2.24) is 20.0 Å². The van der Waals surface area contributed by atoms with Crippen molar-refractivity contribution in [2.75, 3.05) is 7.11 Å². The second-order valence-electron chi connectivity index (χ2n) is 7.88. The summed E-state index contributed by atoms with van der Waals surface area (Å²) in [4.78, 5) is 19.6. The van der Waals surface area contributed by atoms with Gasteiger partial charge in [0.05, 0.1) is 42.8 Å². The van der Waals surface area contributed by atoms with Crippen molar-refractivity contribution in [3.8, 4) is 17.1 Å². The number of azide groups is 1. The smallest absolute Gasteiger partial charge is 0.308 e. The number of rotatable bonds is 7.